The average molecular weight is 374 g/mol. The smallest absolute Gasteiger partial charge is 0.197 e. The van der Waals surface area contributed by atoms with Gasteiger partial charge >= 0.3 is 0 Å². The van der Waals surface area contributed by atoms with Crippen molar-refractivity contribution in [3.05, 3.63) is 101 Å². The van der Waals surface area contributed by atoms with Crippen LogP contribution in [0.2, 0.25) is 0 Å². The maximum absolute atomic E-state index is 13.3. The number of hydrogen-bond acceptors (Lipinski definition) is 4. The van der Waals surface area contributed by atoms with E-state index < -0.39 is 5.60 Å². The van der Waals surface area contributed by atoms with E-state index in [0.29, 0.717) is 11.1 Å². The van der Waals surface area contributed by atoms with Crippen LogP contribution < -0.4 is 4.89 Å². The molecule has 3 aromatic carbocycles. The van der Waals surface area contributed by atoms with Gasteiger partial charge in [0.1, 0.15) is 5.60 Å². The second kappa shape index (κ2) is 8.19. The third kappa shape index (κ3) is 4.53. The molecular formula is C24H22O4. The summed E-state index contributed by atoms with van der Waals surface area (Å²) < 4.78 is 0. The van der Waals surface area contributed by atoms with E-state index in [0.717, 1.165) is 0 Å². The molecule has 3 aromatic rings. The molecule has 4 nitrogen and oxygen atoms in total. The van der Waals surface area contributed by atoms with Gasteiger partial charge in [-0.2, -0.15) is 4.89 Å². The van der Waals surface area contributed by atoms with E-state index in [1.165, 1.54) is 0 Å². The lowest BCUT2D eigenvalue weighted by molar-refractivity contribution is -0.274. The highest BCUT2D eigenvalue weighted by Gasteiger charge is 2.25. The van der Waals surface area contributed by atoms with Crippen LogP contribution in [0, 0.1) is 0 Å². The van der Waals surface area contributed by atoms with Crippen LogP contribution >= 0.6 is 0 Å². The Morgan fingerprint density at radius 1 is 0.679 bits per heavy atom. The fraction of sp³-hybridized carbons (Fsp3) is 0.167. The van der Waals surface area contributed by atoms with Crippen molar-refractivity contribution < 1.29 is 19.4 Å². The monoisotopic (exact) mass is 374 g/mol. The van der Waals surface area contributed by atoms with Gasteiger partial charge in [-0.15, -0.1) is 0 Å². The Morgan fingerprint density at radius 2 is 1.21 bits per heavy atom. The molecule has 4 heteroatoms. The Balaban J connectivity index is 2.11. The highest BCUT2D eigenvalue weighted by atomic mass is 17.2. The minimum Gasteiger partial charge on any atom is -0.336 e. The van der Waals surface area contributed by atoms with Crippen molar-refractivity contribution in [3.63, 3.8) is 0 Å². The molecule has 0 aliphatic heterocycles. The topological polar surface area (TPSA) is 52.6 Å². The Morgan fingerprint density at radius 3 is 1.75 bits per heavy atom. The predicted molar refractivity (Wildman–Crippen MR) is 108 cm³/mol. The fourth-order valence-electron chi connectivity index (χ4n) is 2.67. The molecule has 3 rings (SSSR count). The molecule has 0 fully saturated rings. The van der Waals surface area contributed by atoms with Crippen molar-refractivity contribution in [1.82, 2.24) is 0 Å². The summed E-state index contributed by atoms with van der Waals surface area (Å²) in [4.78, 5) is 37.3. The maximum atomic E-state index is 13.3. The zero-order valence-corrected chi connectivity index (χ0v) is 16.1. The molecular weight excluding hydrogens is 352 g/mol. The highest BCUT2D eigenvalue weighted by molar-refractivity contribution is 6.20. The van der Waals surface area contributed by atoms with Crippen LogP contribution in [0.5, 0.6) is 5.75 Å². The summed E-state index contributed by atoms with van der Waals surface area (Å²) in [6.07, 6.45) is 0. The van der Waals surface area contributed by atoms with Crippen molar-refractivity contribution in [2.45, 2.75) is 26.4 Å². The predicted octanol–water partition coefficient (Wildman–Crippen LogP) is 5.26. The summed E-state index contributed by atoms with van der Waals surface area (Å²) in [5.41, 5.74) is 0.851. The second-order valence-corrected chi connectivity index (χ2v) is 7.35. The minimum absolute atomic E-state index is 0.187. The number of benzene rings is 3. The van der Waals surface area contributed by atoms with Gasteiger partial charge < -0.3 is 4.89 Å². The normalized spacial score (nSPS) is 11.1. The number of rotatable bonds is 6. The molecule has 0 amide bonds. The maximum Gasteiger partial charge on any atom is 0.197 e. The van der Waals surface area contributed by atoms with E-state index in [4.69, 9.17) is 9.78 Å². The zero-order valence-electron chi connectivity index (χ0n) is 16.1. The van der Waals surface area contributed by atoms with Crippen molar-refractivity contribution in [2.24, 2.45) is 0 Å². The molecule has 0 saturated carbocycles. The van der Waals surface area contributed by atoms with Crippen molar-refractivity contribution in [2.75, 3.05) is 0 Å². The summed E-state index contributed by atoms with van der Waals surface area (Å²) in [5, 5.41) is 0. The first-order chi connectivity index (χ1) is 13.4. The van der Waals surface area contributed by atoms with Gasteiger partial charge in [0.05, 0.1) is 5.56 Å². The summed E-state index contributed by atoms with van der Waals surface area (Å²) in [7, 11) is 0. The summed E-state index contributed by atoms with van der Waals surface area (Å²) in [6, 6.07) is 22.6. The molecule has 0 atom stereocenters. The van der Waals surface area contributed by atoms with Gasteiger partial charge in [-0.25, -0.2) is 0 Å². The van der Waals surface area contributed by atoms with E-state index in [-0.39, 0.29) is 28.4 Å². The van der Waals surface area contributed by atoms with Gasteiger partial charge in [0.2, 0.25) is 0 Å². The van der Waals surface area contributed by atoms with E-state index in [1.807, 2.05) is 32.9 Å². The van der Waals surface area contributed by atoms with Gasteiger partial charge in [0.25, 0.3) is 0 Å². The Hall–Kier alpha value is -3.24. The van der Waals surface area contributed by atoms with Crippen LogP contribution in [0.25, 0.3) is 0 Å². The van der Waals surface area contributed by atoms with Crippen LogP contribution in [0.3, 0.4) is 0 Å². The Kier molecular flexibility index (Phi) is 5.71. The lowest BCUT2D eigenvalue weighted by atomic mass is 9.92. The molecule has 0 aliphatic carbocycles. The van der Waals surface area contributed by atoms with E-state index in [2.05, 4.69) is 0 Å². The van der Waals surface area contributed by atoms with Crippen LogP contribution in [-0.4, -0.2) is 17.2 Å². The minimum atomic E-state index is -0.577. The molecule has 0 bridgehead atoms. The SMILES string of the molecule is CC(C)(C)OOc1cccc(C(=O)c2ccccc2)c1C(=O)c1ccccc1. The number of carbonyl (C=O) groups is 2. The molecule has 0 spiro atoms. The van der Waals surface area contributed by atoms with Gasteiger partial charge in [0.15, 0.2) is 17.3 Å². The van der Waals surface area contributed by atoms with Crippen LogP contribution in [0.1, 0.15) is 52.6 Å². The number of hydrogen-bond donors (Lipinski definition) is 0. The van der Waals surface area contributed by atoms with E-state index in [9.17, 15) is 9.59 Å². The van der Waals surface area contributed by atoms with Crippen LogP contribution in [0.15, 0.2) is 78.9 Å². The first kappa shape index (κ1) is 19.5. The van der Waals surface area contributed by atoms with Gasteiger partial charge in [-0.3, -0.25) is 9.59 Å². The number of carbonyl (C=O) groups excluding carboxylic acids is 2. The molecule has 0 unspecified atom stereocenters. The van der Waals surface area contributed by atoms with E-state index in [1.54, 1.807) is 66.7 Å². The molecule has 142 valence electrons. The van der Waals surface area contributed by atoms with E-state index >= 15 is 0 Å². The second-order valence-electron chi connectivity index (χ2n) is 7.35. The van der Waals surface area contributed by atoms with Gasteiger partial charge in [-0.05, 0) is 26.8 Å². The Bertz CT molecular complexity index is 970. The molecule has 28 heavy (non-hydrogen) atoms. The van der Waals surface area contributed by atoms with Crippen molar-refractivity contribution in [3.8, 4) is 5.75 Å². The number of ketones is 2. The quantitative estimate of drug-likeness (QED) is 0.336. The van der Waals surface area contributed by atoms with Crippen molar-refractivity contribution in [1.29, 1.82) is 0 Å². The first-order valence-electron chi connectivity index (χ1n) is 9.05. The fourth-order valence-corrected chi connectivity index (χ4v) is 2.67. The first-order valence-corrected chi connectivity index (χ1v) is 9.05. The summed E-state index contributed by atoms with van der Waals surface area (Å²) in [5.74, 6) is -0.334. The summed E-state index contributed by atoms with van der Waals surface area (Å²) >= 11 is 0. The van der Waals surface area contributed by atoms with Crippen molar-refractivity contribution >= 4 is 11.6 Å². The highest BCUT2D eigenvalue weighted by Crippen LogP contribution is 2.29. The van der Waals surface area contributed by atoms with Gasteiger partial charge in [-0.1, -0.05) is 72.8 Å². The van der Waals surface area contributed by atoms with Crippen LogP contribution in [-0.2, 0) is 4.89 Å². The Labute approximate surface area is 164 Å². The van der Waals surface area contributed by atoms with Crippen LogP contribution in [0.4, 0.5) is 0 Å². The largest absolute Gasteiger partial charge is 0.336 e. The molecule has 0 radical (unpaired) electrons. The van der Waals surface area contributed by atoms with Gasteiger partial charge in [0, 0.05) is 16.7 Å². The third-order valence-corrected chi connectivity index (χ3v) is 3.95. The lowest BCUT2D eigenvalue weighted by Gasteiger charge is -2.20. The molecule has 0 saturated heterocycles. The zero-order chi connectivity index (χ0) is 20.1. The average Bonchev–Trinajstić information content (AvgIpc) is 2.71. The third-order valence-electron chi connectivity index (χ3n) is 3.95. The standard InChI is InChI=1S/C24H22O4/c1-24(2,3)28-27-20-16-10-15-19(22(25)17-11-6-4-7-12-17)21(20)23(26)18-13-8-5-9-14-18/h4-16H,1-3H3. The molecule has 0 heterocycles. The summed E-state index contributed by atoms with van der Waals surface area (Å²) in [6.45, 7) is 5.51. The lowest BCUT2D eigenvalue weighted by Crippen LogP contribution is -2.22. The molecule has 0 aliphatic rings. The molecule has 0 N–H and O–H groups in total. The molecule has 0 aromatic heterocycles.